The van der Waals surface area contributed by atoms with Crippen LogP contribution in [0.25, 0.3) is 10.9 Å². The fourth-order valence-corrected chi connectivity index (χ4v) is 9.66. The average molecular weight is 1030 g/mol. The minimum absolute atomic E-state index is 0.00797. The van der Waals surface area contributed by atoms with Crippen LogP contribution in [0.15, 0.2) is 84.0 Å². The van der Waals surface area contributed by atoms with Gasteiger partial charge in [-0.25, -0.2) is 0 Å². The van der Waals surface area contributed by atoms with Gasteiger partial charge in [-0.15, -0.1) is 0 Å². The summed E-state index contributed by atoms with van der Waals surface area (Å²) in [5.74, 6) is -5.73. The molecule has 2 aliphatic rings. The van der Waals surface area contributed by atoms with Crippen molar-refractivity contribution in [3.8, 4) is 0 Å². The van der Waals surface area contributed by atoms with Gasteiger partial charge in [-0.2, -0.15) is 0 Å². The highest BCUT2D eigenvalue weighted by Crippen LogP contribution is 2.35. The lowest BCUT2D eigenvalue weighted by Crippen LogP contribution is -2.67. The number of aromatic nitrogens is 1. The number of hydrogen-bond acceptors (Lipinski definition) is 10. The Morgan fingerprint density at radius 1 is 0.787 bits per heavy atom. The van der Waals surface area contributed by atoms with E-state index in [2.05, 4.69) is 47.2 Å². The van der Waals surface area contributed by atoms with Crippen molar-refractivity contribution < 1.29 is 38.4 Å². The number of aromatic amines is 1. The van der Waals surface area contributed by atoms with Gasteiger partial charge in [-0.1, -0.05) is 74.0 Å². The summed E-state index contributed by atoms with van der Waals surface area (Å²) in [4.78, 5) is 123. The molecule has 1 aliphatic carbocycles. The van der Waals surface area contributed by atoms with Gasteiger partial charge in [-0.05, 0) is 85.8 Å². The summed E-state index contributed by atoms with van der Waals surface area (Å²) in [7, 11) is 3.82. The molecule has 1 aromatic heterocycles. The Balaban J connectivity index is 1.42. The van der Waals surface area contributed by atoms with Gasteiger partial charge in [0.1, 0.15) is 35.7 Å². The van der Waals surface area contributed by atoms with Crippen LogP contribution in [0.5, 0.6) is 0 Å². The monoisotopic (exact) mass is 1030 g/mol. The zero-order valence-corrected chi connectivity index (χ0v) is 43.1. The van der Waals surface area contributed by atoms with E-state index in [0.29, 0.717) is 43.2 Å². The van der Waals surface area contributed by atoms with Crippen molar-refractivity contribution in [2.45, 2.75) is 133 Å². The van der Waals surface area contributed by atoms with Gasteiger partial charge in [-0.3, -0.25) is 43.3 Å². The molecule has 21 heteroatoms. The zero-order chi connectivity index (χ0) is 54.1. The van der Waals surface area contributed by atoms with E-state index >= 15 is 4.79 Å². The number of anilines is 1. The topological polar surface area (TPSA) is 330 Å². The van der Waals surface area contributed by atoms with Gasteiger partial charge in [0.15, 0.2) is 5.96 Å². The van der Waals surface area contributed by atoms with Crippen LogP contribution in [-0.2, 0) is 64.0 Å². The van der Waals surface area contributed by atoms with Gasteiger partial charge in [0, 0.05) is 75.7 Å². The van der Waals surface area contributed by atoms with Gasteiger partial charge in [0.25, 0.3) is 0 Å². The molecule has 75 heavy (non-hydrogen) atoms. The van der Waals surface area contributed by atoms with Gasteiger partial charge in [0.05, 0.1) is 6.42 Å². The Morgan fingerprint density at radius 2 is 1.49 bits per heavy atom. The van der Waals surface area contributed by atoms with Crippen molar-refractivity contribution in [2.24, 2.45) is 22.2 Å². The maximum Gasteiger partial charge on any atom is 0.246 e. The molecule has 3 aromatic carbocycles. The Labute approximate surface area is 437 Å². The van der Waals surface area contributed by atoms with Crippen molar-refractivity contribution in [2.75, 3.05) is 32.1 Å². The molecule has 1 aliphatic heterocycles. The third-order valence-electron chi connectivity index (χ3n) is 13.7. The summed E-state index contributed by atoms with van der Waals surface area (Å²) in [6.45, 7) is 2.12. The van der Waals surface area contributed by atoms with Crippen LogP contribution in [0.4, 0.5) is 5.69 Å². The van der Waals surface area contributed by atoms with Crippen LogP contribution in [-0.4, -0.2) is 121 Å². The molecule has 6 atom stereocenters. The van der Waals surface area contributed by atoms with Gasteiger partial charge < -0.3 is 64.3 Å². The first kappa shape index (κ1) is 56.3. The fraction of sp³-hybridized carbons (Fsp3) is 0.463. The number of aliphatic imine (C=N–C) groups is 1. The number of nitrogens with two attached hydrogens (primary N) is 3. The van der Waals surface area contributed by atoms with Crippen molar-refractivity contribution in [1.82, 2.24) is 42.2 Å². The highest BCUT2D eigenvalue weighted by molar-refractivity contribution is 6.00. The Bertz CT molecular complexity index is 2700. The van der Waals surface area contributed by atoms with Crippen molar-refractivity contribution >= 4 is 69.8 Å². The van der Waals surface area contributed by atoms with Crippen LogP contribution >= 0.6 is 0 Å². The summed E-state index contributed by atoms with van der Waals surface area (Å²) in [6, 6.07) is 15.5. The average Bonchev–Trinajstić information content (AvgIpc) is 3.79. The van der Waals surface area contributed by atoms with E-state index in [1.165, 1.54) is 0 Å². The van der Waals surface area contributed by atoms with Crippen LogP contribution in [0, 0.1) is 0 Å². The minimum Gasteiger partial charge on any atom is -0.377 e. The van der Waals surface area contributed by atoms with Crippen LogP contribution in [0.1, 0.15) is 93.4 Å². The number of guanidine groups is 1. The van der Waals surface area contributed by atoms with Crippen molar-refractivity contribution in [3.63, 3.8) is 0 Å². The molecule has 0 saturated carbocycles. The lowest BCUT2D eigenvalue weighted by molar-refractivity contribution is -0.139. The first-order valence-corrected chi connectivity index (χ1v) is 25.8. The minimum atomic E-state index is -1.71. The van der Waals surface area contributed by atoms with Gasteiger partial charge >= 0.3 is 0 Å². The Hall–Kier alpha value is -7.97. The van der Waals surface area contributed by atoms with E-state index < -0.39 is 89.4 Å². The Kier molecular flexibility index (Phi) is 20.1. The standard InChI is InChI=1S/C54H73N13O8/c1-4-5-23-45(68)61-43-30-46(69)58-26-12-11-20-39(47(55)70)62-50(73)42(29-35-32-60-38-19-10-9-18-36(35)38)64-48(71)40(21-14-27-59-53(56)57)63-49(72)41(28-33-15-7-6-8-16-33)65-52(75)54(66-51(43)74)25-24-37-34(31-54)17-13-22-44(37)67(2)3/h6-10,13,15-19,22,32,39-43,60H,4-5,11-12,14,20-21,23-31H2,1-3H3,(H2,55,70)(H,58,69)(H,61,68)(H,62,73)(H,63,72)(H,64,71)(H,65,75)(H,66,74)(H4,56,57,59)/t39-,40+,41-,42-,43+,54?/m0/s1. The number of amides is 8. The van der Waals surface area contributed by atoms with E-state index in [4.69, 9.17) is 17.2 Å². The van der Waals surface area contributed by atoms with Crippen LogP contribution < -0.4 is 59.3 Å². The first-order valence-electron chi connectivity index (χ1n) is 25.8. The fourth-order valence-electron chi connectivity index (χ4n) is 9.66. The molecule has 1 saturated heterocycles. The lowest BCUT2D eigenvalue weighted by Gasteiger charge is -2.40. The van der Waals surface area contributed by atoms with E-state index in [9.17, 15) is 33.6 Å². The maximum absolute atomic E-state index is 15.4. The lowest BCUT2D eigenvalue weighted by atomic mass is 9.76. The molecule has 2 heterocycles. The molecule has 1 fully saturated rings. The van der Waals surface area contributed by atoms with Crippen LogP contribution in [0.3, 0.4) is 0 Å². The molecular weight excluding hydrogens is 959 g/mol. The third kappa shape index (κ3) is 15.8. The maximum atomic E-state index is 15.4. The normalized spacial score (nSPS) is 22.5. The van der Waals surface area contributed by atoms with Crippen LogP contribution in [0.2, 0.25) is 0 Å². The summed E-state index contributed by atoms with van der Waals surface area (Å²) in [5, 5.41) is 20.7. The summed E-state index contributed by atoms with van der Waals surface area (Å²) in [5.41, 5.74) is 20.2. The molecule has 21 nitrogen and oxygen atoms in total. The molecule has 0 radical (unpaired) electrons. The smallest absolute Gasteiger partial charge is 0.246 e. The number of H-pyrrole nitrogens is 1. The highest BCUT2D eigenvalue weighted by atomic mass is 16.2. The predicted molar refractivity (Wildman–Crippen MR) is 286 cm³/mol. The van der Waals surface area contributed by atoms with Gasteiger partial charge in [0.2, 0.25) is 47.3 Å². The van der Waals surface area contributed by atoms with E-state index in [-0.39, 0.29) is 70.4 Å². The number of rotatable bonds is 14. The highest BCUT2D eigenvalue weighted by Gasteiger charge is 2.46. The second-order valence-corrected chi connectivity index (χ2v) is 19.6. The number of fused-ring (bicyclic) bond motifs is 2. The molecule has 0 bridgehead atoms. The second-order valence-electron chi connectivity index (χ2n) is 19.6. The predicted octanol–water partition coefficient (Wildman–Crippen LogP) is 0.906. The number of para-hydroxylation sites is 1. The first-order chi connectivity index (χ1) is 36.0. The van der Waals surface area contributed by atoms with E-state index in [1.54, 1.807) is 36.5 Å². The largest absolute Gasteiger partial charge is 0.377 e. The molecule has 14 N–H and O–H groups in total. The van der Waals surface area contributed by atoms with E-state index in [1.807, 2.05) is 68.4 Å². The molecule has 402 valence electrons. The number of unbranched alkanes of at least 4 members (excludes halogenated alkanes) is 1. The number of carbonyl (C=O) groups is 8. The summed E-state index contributed by atoms with van der Waals surface area (Å²) in [6.07, 6.45) is 3.82. The zero-order valence-electron chi connectivity index (χ0n) is 43.1. The summed E-state index contributed by atoms with van der Waals surface area (Å²) < 4.78 is 0. The molecule has 4 aromatic rings. The Morgan fingerprint density at radius 3 is 2.23 bits per heavy atom. The molecule has 1 spiro atoms. The van der Waals surface area contributed by atoms with E-state index in [0.717, 1.165) is 27.7 Å². The number of hydrogen-bond donors (Lipinski definition) is 11. The number of benzene rings is 3. The number of primary amides is 1. The van der Waals surface area contributed by atoms with Crippen molar-refractivity contribution in [1.29, 1.82) is 0 Å². The third-order valence-corrected chi connectivity index (χ3v) is 13.7. The number of nitrogens with one attached hydrogen (secondary N) is 8. The summed E-state index contributed by atoms with van der Waals surface area (Å²) >= 11 is 0. The number of carbonyl (C=O) groups excluding carboxylic acids is 8. The quantitative estimate of drug-likeness (QED) is 0.0479. The molecule has 6 rings (SSSR count). The number of nitrogens with zero attached hydrogens (tertiary/aromatic N) is 2. The molecule has 8 amide bonds. The molecule has 1 unspecified atom stereocenters. The second kappa shape index (κ2) is 26.8. The molecular formula is C54H73N13O8. The van der Waals surface area contributed by atoms with Crippen molar-refractivity contribution in [3.05, 3.63) is 101 Å². The SMILES string of the molecule is CCCCC(=O)N[C@@H]1CC(=O)NCCCC[C@@H](C(N)=O)NC(=O)[C@H](Cc2c[nH]c3ccccc23)NC(=O)[C@@H](CCCN=C(N)N)NC(=O)[C@H](Cc2ccccc2)NC(=O)C2(CCc3c(cccc3N(C)C)C2)NC1=O.